The molecule has 0 saturated heterocycles. The van der Waals surface area contributed by atoms with Crippen molar-refractivity contribution in [2.24, 2.45) is 0 Å². The highest BCUT2D eigenvalue weighted by Crippen LogP contribution is 2.22. The molecular formula is C14H15BrN2O. The van der Waals surface area contributed by atoms with E-state index in [0.29, 0.717) is 10.3 Å². The molecule has 0 bridgehead atoms. The smallest absolute Gasteiger partial charge is 0.265 e. The highest BCUT2D eigenvalue weighted by molar-refractivity contribution is 9.10. The Morgan fingerprint density at radius 2 is 2.06 bits per heavy atom. The van der Waals surface area contributed by atoms with Gasteiger partial charge in [0.25, 0.3) is 5.56 Å². The number of aromatic nitrogens is 2. The minimum atomic E-state index is -0.127. The zero-order valence-corrected chi connectivity index (χ0v) is 12.3. The van der Waals surface area contributed by atoms with E-state index < -0.39 is 0 Å². The molecule has 4 heteroatoms. The summed E-state index contributed by atoms with van der Waals surface area (Å²) >= 11 is 3.27. The number of nitrogens with zero attached hydrogens (tertiary/aromatic N) is 1. The van der Waals surface area contributed by atoms with Crippen molar-refractivity contribution in [3.8, 4) is 11.4 Å². The van der Waals surface area contributed by atoms with Crippen molar-refractivity contribution in [1.82, 2.24) is 9.97 Å². The number of hydrogen-bond acceptors (Lipinski definition) is 2. The Morgan fingerprint density at radius 1 is 1.33 bits per heavy atom. The van der Waals surface area contributed by atoms with E-state index in [4.69, 9.17) is 0 Å². The minimum Gasteiger partial charge on any atom is -0.306 e. The Balaban J connectivity index is 2.68. The van der Waals surface area contributed by atoms with E-state index in [-0.39, 0.29) is 5.56 Å². The van der Waals surface area contributed by atoms with Crippen LogP contribution >= 0.6 is 15.9 Å². The normalized spacial score (nSPS) is 10.7. The first-order valence-corrected chi connectivity index (χ1v) is 6.68. The molecule has 0 aliphatic rings. The summed E-state index contributed by atoms with van der Waals surface area (Å²) in [6.07, 6.45) is 0.725. The van der Waals surface area contributed by atoms with Gasteiger partial charge in [0.1, 0.15) is 10.3 Å². The fraction of sp³-hybridized carbons (Fsp3) is 0.286. The van der Waals surface area contributed by atoms with Crippen LogP contribution in [-0.4, -0.2) is 9.97 Å². The Hall–Kier alpha value is -1.42. The average Bonchev–Trinajstić information content (AvgIpc) is 2.35. The van der Waals surface area contributed by atoms with Crippen molar-refractivity contribution in [1.29, 1.82) is 0 Å². The molecule has 1 N–H and O–H groups in total. The van der Waals surface area contributed by atoms with Gasteiger partial charge in [-0.2, -0.15) is 0 Å². The highest BCUT2D eigenvalue weighted by Gasteiger charge is 2.10. The molecule has 18 heavy (non-hydrogen) atoms. The number of aromatic amines is 1. The van der Waals surface area contributed by atoms with Crippen molar-refractivity contribution in [3.05, 3.63) is 49.8 Å². The van der Waals surface area contributed by atoms with Crippen molar-refractivity contribution in [2.75, 3.05) is 0 Å². The summed E-state index contributed by atoms with van der Waals surface area (Å²) in [7, 11) is 0. The lowest BCUT2D eigenvalue weighted by Gasteiger charge is -2.08. The number of aryl methyl sites for hydroxylation is 3. The maximum atomic E-state index is 11.8. The molecule has 0 amide bonds. The first-order valence-electron chi connectivity index (χ1n) is 5.89. The summed E-state index contributed by atoms with van der Waals surface area (Å²) in [5, 5.41) is 0. The summed E-state index contributed by atoms with van der Waals surface area (Å²) in [5.41, 5.74) is 3.90. The molecule has 2 aromatic rings. The number of rotatable bonds is 2. The van der Waals surface area contributed by atoms with Gasteiger partial charge in [-0.05, 0) is 47.8 Å². The first-order chi connectivity index (χ1) is 8.52. The SMILES string of the molecule is CCc1nc(-c2cc(C)ccc2C)[nH]c(=O)c1Br. The molecule has 0 aliphatic heterocycles. The van der Waals surface area contributed by atoms with Gasteiger partial charge in [-0.25, -0.2) is 4.98 Å². The van der Waals surface area contributed by atoms with E-state index in [9.17, 15) is 4.79 Å². The van der Waals surface area contributed by atoms with Gasteiger partial charge in [-0.3, -0.25) is 4.79 Å². The van der Waals surface area contributed by atoms with E-state index in [1.165, 1.54) is 0 Å². The molecule has 0 atom stereocenters. The van der Waals surface area contributed by atoms with Crippen LogP contribution in [0.5, 0.6) is 0 Å². The van der Waals surface area contributed by atoms with Crippen LogP contribution in [0, 0.1) is 13.8 Å². The van der Waals surface area contributed by atoms with E-state index >= 15 is 0 Å². The van der Waals surface area contributed by atoms with Crippen molar-refractivity contribution in [2.45, 2.75) is 27.2 Å². The van der Waals surface area contributed by atoms with Crippen LogP contribution in [0.1, 0.15) is 23.7 Å². The summed E-state index contributed by atoms with van der Waals surface area (Å²) in [6.45, 7) is 6.03. The molecule has 0 unspecified atom stereocenters. The van der Waals surface area contributed by atoms with E-state index in [1.54, 1.807) is 0 Å². The van der Waals surface area contributed by atoms with Gasteiger partial charge in [0.15, 0.2) is 0 Å². The largest absolute Gasteiger partial charge is 0.306 e. The molecule has 0 spiro atoms. The second kappa shape index (κ2) is 5.06. The Labute approximate surface area is 114 Å². The summed E-state index contributed by atoms with van der Waals surface area (Å²) < 4.78 is 0.527. The molecule has 0 saturated carbocycles. The highest BCUT2D eigenvalue weighted by atomic mass is 79.9. The Bertz CT molecular complexity index is 647. The lowest BCUT2D eigenvalue weighted by atomic mass is 10.1. The second-order valence-corrected chi connectivity index (χ2v) is 5.14. The van der Waals surface area contributed by atoms with Crippen molar-refractivity contribution in [3.63, 3.8) is 0 Å². The Morgan fingerprint density at radius 3 is 2.72 bits per heavy atom. The van der Waals surface area contributed by atoms with Gasteiger partial charge in [-0.15, -0.1) is 0 Å². The maximum absolute atomic E-state index is 11.8. The lowest BCUT2D eigenvalue weighted by Crippen LogP contribution is -2.13. The summed E-state index contributed by atoms with van der Waals surface area (Å²) in [4.78, 5) is 19.2. The van der Waals surface area contributed by atoms with Gasteiger partial charge in [-0.1, -0.05) is 24.6 Å². The lowest BCUT2D eigenvalue weighted by molar-refractivity contribution is 0.968. The molecule has 1 aromatic carbocycles. The zero-order chi connectivity index (χ0) is 13.3. The van der Waals surface area contributed by atoms with Crippen molar-refractivity contribution < 1.29 is 0 Å². The van der Waals surface area contributed by atoms with Crippen LogP contribution in [0.15, 0.2) is 27.5 Å². The minimum absolute atomic E-state index is 0.127. The molecule has 94 valence electrons. The van der Waals surface area contributed by atoms with Crippen LogP contribution < -0.4 is 5.56 Å². The van der Waals surface area contributed by atoms with E-state index in [0.717, 1.165) is 28.8 Å². The van der Waals surface area contributed by atoms with Crippen LogP contribution in [-0.2, 0) is 6.42 Å². The fourth-order valence-electron chi connectivity index (χ4n) is 1.86. The molecule has 2 rings (SSSR count). The molecule has 0 radical (unpaired) electrons. The third-order valence-electron chi connectivity index (χ3n) is 2.91. The van der Waals surface area contributed by atoms with Crippen LogP contribution in [0.2, 0.25) is 0 Å². The van der Waals surface area contributed by atoms with Gasteiger partial charge >= 0.3 is 0 Å². The van der Waals surface area contributed by atoms with Gasteiger partial charge in [0.2, 0.25) is 0 Å². The third-order valence-corrected chi connectivity index (χ3v) is 3.73. The first kappa shape index (κ1) is 13.0. The van der Waals surface area contributed by atoms with Gasteiger partial charge < -0.3 is 4.98 Å². The Kier molecular flexibility index (Phi) is 3.66. The maximum Gasteiger partial charge on any atom is 0.265 e. The molecule has 1 heterocycles. The van der Waals surface area contributed by atoms with Crippen molar-refractivity contribution >= 4 is 15.9 Å². The average molecular weight is 307 g/mol. The standard InChI is InChI=1S/C14H15BrN2O/c1-4-11-12(15)14(18)17-13(16-11)10-7-8(2)5-6-9(10)3/h5-7H,4H2,1-3H3,(H,16,17,18). The predicted molar refractivity (Wildman–Crippen MR) is 76.8 cm³/mol. The quantitative estimate of drug-likeness (QED) is 0.924. The number of H-pyrrole nitrogens is 1. The fourth-order valence-corrected chi connectivity index (χ4v) is 2.33. The van der Waals surface area contributed by atoms with Gasteiger partial charge in [0.05, 0.1) is 5.69 Å². The number of nitrogens with one attached hydrogen (secondary N) is 1. The molecule has 3 nitrogen and oxygen atoms in total. The van der Waals surface area contributed by atoms with Crippen LogP contribution in [0.3, 0.4) is 0 Å². The van der Waals surface area contributed by atoms with Crippen LogP contribution in [0.4, 0.5) is 0 Å². The molecule has 0 fully saturated rings. The van der Waals surface area contributed by atoms with E-state index in [2.05, 4.69) is 32.0 Å². The monoisotopic (exact) mass is 306 g/mol. The van der Waals surface area contributed by atoms with E-state index in [1.807, 2.05) is 32.9 Å². The number of benzene rings is 1. The summed E-state index contributed by atoms with van der Waals surface area (Å²) in [6, 6.07) is 6.13. The molecule has 1 aromatic heterocycles. The topological polar surface area (TPSA) is 45.8 Å². The molecular weight excluding hydrogens is 292 g/mol. The predicted octanol–water partition coefficient (Wildman–Crippen LogP) is 3.38. The number of hydrogen-bond donors (Lipinski definition) is 1. The third kappa shape index (κ3) is 2.38. The molecule has 0 aliphatic carbocycles. The number of halogens is 1. The van der Waals surface area contributed by atoms with Gasteiger partial charge in [0, 0.05) is 5.56 Å². The van der Waals surface area contributed by atoms with Crippen LogP contribution in [0.25, 0.3) is 11.4 Å². The zero-order valence-electron chi connectivity index (χ0n) is 10.7. The summed E-state index contributed by atoms with van der Waals surface area (Å²) in [5.74, 6) is 0.640. The second-order valence-electron chi connectivity index (χ2n) is 4.35.